The molecule has 0 aromatic rings. The molecule has 0 nitrogen and oxygen atoms in total. The first-order valence-corrected chi connectivity index (χ1v) is 3.41. The van der Waals surface area contributed by atoms with Crippen LogP contribution < -0.4 is 0 Å². The average Bonchev–Trinajstić information content (AvgIpc) is 1.96. The fraction of sp³-hybridized carbons (Fsp3) is 0.556. The highest BCUT2D eigenvalue weighted by Crippen LogP contribution is 2.44. The second kappa shape index (κ2) is 1.73. The number of hydrogen-bond donors (Lipinski definition) is 0. The standard InChI is InChI=1S/C9H14/c1-7-5-6-8(2)9(7,3)4/h1-2,5-6H2,3-4H3. The third-order valence-corrected chi connectivity index (χ3v) is 2.50. The molecule has 0 aliphatic heterocycles. The van der Waals surface area contributed by atoms with Crippen LogP contribution in [0, 0.1) is 5.41 Å². The van der Waals surface area contributed by atoms with Gasteiger partial charge in [0.1, 0.15) is 0 Å². The van der Waals surface area contributed by atoms with Crippen LogP contribution in [0.25, 0.3) is 0 Å². The predicted molar refractivity (Wildman–Crippen MR) is 41.3 cm³/mol. The van der Waals surface area contributed by atoms with Gasteiger partial charge >= 0.3 is 0 Å². The molecule has 1 rings (SSSR count). The number of allylic oxidation sites excluding steroid dienone is 2. The molecular formula is C9H14. The smallest absolute Gasteiger partial charge is 0.00588 e. The first kappa shape index (κ1) is 6.60. The Labute approximate surface area is 57.3 Å². The zero-order chi connectivity index (χ0) is 7.07. The highest BCUT2D eigenvalue weighted by Gasteiger charge is 2.30. The zero-order valence-electron chi connectivity index (χ0n) is 6.33. The largest absolute Gasteiger partial charge is 0.0990 e. The summed E-state index contributed by atoms with van der Waals surface area (Å²) < 4.78 is 0. The molecule has 0 saturated heterocycles. The van der Waals surface area contributed by atoms with Crippen LogP contribution in [0.1, 0.15) is 26.7 Å². The highest BCUT2D eigenvalue weighted by atomic mass is 14.3. The van der Waals surface area contributed by atoms with Crippen molar-refractivity contribution in [3.63, 3.8) is 0 Å². The van der Waals surface area contributed by atoms with E-state index in [9.17, 15) is 0 Å². The summed E-state index contributed by atoms with van der Waals surface area (Å²) in [5.41, 5.74) is 2.90. The van der Waals surface area contributed by atoms with E-state index in [4.69, 9.17) is 0 Å². The summed E-state index contributed by atoms with van der Waals surface area (Å²) in [5, 5.41) is 0. The van der Waals surface area contributed by atoms with Crippen molar-refractivity contribution in [3.8, 4) is 0 Å². The average molecular weight is 122 g/mol. The molecule has 9 heavy (non-hydrogen) atoms. The van der Waals surface area contributed by atoms with Crippen LogP contribution in [-0.4, -0.2) is 0 Å². The lowest BCUT2D eigenvalue weighted by Crippen LogP contribution is -2.08. The molecule has 0 bridgehead atoms. The van der Waals surface area contributed by atoms with Crippen LogP contribution in [0.3, 0.4) is 0 Å². The van der Waals surface area contributed by atoms with Gasteiger partial charge < -0.3 is 0 Å². The van der Waals surface area contributed by atoms with E-state index in [2.05, 4.69) is 27.0 Å². The lowest BCUT2D eigenvalue weighted by molar-refractivity contribution is 0.574. The molecule has 0 spiro atoms. The lowest BCUT2D eigenvalue weighted by Gasteiger charge is -2.20. The van der Waals surface area contributed by atoms with E-state index >= 15 is 0 Å². The third kappa shape index (κ3) is 0.827. The van der Waals surface area contributed by atoms with Crippen LogP contribution in [0.15, 0.2) is 24.3 Å². The molecule has 0 aromatic carbocycles. The van der Waals surface area contributed by atoms with Gasteiger partial charge in [0.15, 0.2) is 0 Å². The minimum atomic E-state index is 0.222. The Bertz CT molecular complexity index is 143. The monoisotopic (exact) mass is 122 g/mol. The molecule has 0 heterocycles. The van der Waals surface area contributed by atoms with Gasteiger partial charge in [-0.1, -0.05) is 38.2 Å². The predicted octanol–water partition coefficient (Wildman–Crippen LogP) is 2.92. The minimum Gasteiger partial charge on any atom is -0.0990 e. The molecular weight excluding hydrogens is 108 g/mol. The molecule has 0 amide bonds. The van der Waals surface area contributed by atoms with E-state index in [1.807, 2.05) is 0 Å². The summed E-state index contributed by atoms with van der Waals surface area (Å²) >= 11 is 0. The SMILES string of the molecule is C=C1CCC(=C)C1(C)C. The van der Waals surface area contributed by atoms with Crippen LogP contribution in [0.5, 0.6) is 0 Å². The molecule has 1 aliphatic rings. The highest BCUT2D eigenvalue weighted by molar-refractivity contribution is 5.29. The topological polar surface area (TPSA) is 0 Å². The van der Waals surface area contributed by atoms with Crippen LogP contribution >= 0.6 is 0 Å². The maximum Gasteiger partial charge on any atom is 0.00588 e. The molecule has 0 N–H and O–H groups in total. The first-order valence-electron chi connectivity index (χ1n) is 3.41. The minimum absolute atomic E-state index is 0.222. The van der Waals surface area contributed by atoms with Crippen molar-refractivity contribution >= 4 is 0 Å². The van der Waals surface area contributed by atoms with Gasteiger partial charge in [0, 0.05) is 5.41 Å². The second-order valence-electron chi connectivity index (χ2n) is 3.33. The van der Waals surface area contributed by atoms with Gasteiger partial charge in [0.05, 0.1) is 0 Å². The maximum absolute atomic E-state index is 4.00. The molecule has 0 unspecified atom stereocenters. The Morgan fingerprint density at radius 1 is 1.11 bits per heavy atom. The van der Waals surface area contributed by atoms with Crippen molar-refractivity contribution in [1.29, 1.82) is 0 Å². The van der Waals surface area contributed by atoms with E-state index in [1.54, 1.807) is 0 Å². The van der Waals surface area contributed by atoms with Crippen molar-refractivity contribution in [2.45, 2.75) is 26.7 Å². The van der Waals surface area contributed by atoms with Crippen molar-refractivity contribution in [2.24, 2.45) is 5.41 Å². The van der Waals surface area contributed by atoms with Gasteiger partial charge in [-0.2, -0.15) is 0 Å². The van der Waals surface area contributed by atoms with Crippen molar-refractivity contribution in [3.05, 3.63) is 24.3 Å². The summed E-state index contributed by atoms with van der Waals surface area (Å²) in [6, 6.07) is 0. The maximum atomic E-state index is 4.00. The quantitative estimate of drug-likeness (QED) is 0.433. The van der Waals surface area contributed by atoms with Gasteiger partial charge in [-0.05, 0) is 12.8 Å². The summed E-state index contributed by atoms with van der Waals surface area (Å²) in [6.07, 6.45) is 2.29. The summed E-state index contributed by atoms with van der Waals surface area (Å²) in [7, 11) is 0. The van der Waals surface area contributed by atoms with Gasteiger partial charge in [-0.3, -0.25) is 0 Å². The van der Waals surface area contributed by atoms with Crippen molar-refractivity contribution in [1.82, 2.24) is 0 Å². The first-order chi connectivity index (χ1) is 4.05. The van der Waals surface area contributed by atoms with Crippen LogP contribution in [0.2, 0.25) is 0 Å². The number of rotatable bonds is 0. The van der Waals surface area contributed by atoms with Crippen LogP contribution in [0.4, 0.5) is 0 Å². The fourth-order valence-electron chi connectivity index (χ4n) is 1.18. The van der Waals surface area contributed by atoms with Gasteiger partial charge in [-0.25, -0.2) is 0 Å². The van der Waals surface area contributed by atoms with E-state index in [-0.39, 0.29) is 5.41 Å². The Morgan fingerprint density at radius 2 is 1.44 bits per heavy atom. The molecule has 1 aliphatic carbocycles. The van der Waals surface area contributed by atoms with Gasteiger partial charge in [-0.15, -0.1) is 0 Å². The van der Waals surface area contributed by atoms with E-state index in [1.165, 1.54) is 11.1 Å². The van der Waals surface area contributed by atoms with E-state index < -0.39 is 0 Å². The fourth-order valence-corrected chi connectivity index (χ4v) is 1.18. The summed E-state index contributed by atoms with van der Waals surface area (Å²) in [4.78, 5) is 0. The Morgan fingerprint density at radius 3 is 1.56 bits per heavy atom. The summed E-state index contributed by atoms with van der Waals surface area (Å²) in [5.74, 6) is 0. The number of hydrogen-bond acceptors (Lipinski definition) is 0. The molecule has 0 atom stereocenters. The molecule has 0 aromatic heterocycles. The Kier molecular flexibility index (Phi) is 1.27. The third-order valence-electron chi connectivity index (χ3n) is 2.50. The van der Waals surface area contributed by atoms with Crippen LogP contribution in [-0.2, 0) is 0 Å². The normalized spacial score (nSPS) is 25.1. The van der Waals surface area contributed by atoms with E-state index in [0.717, 1.165) is 12.8 Å². The zero-order valence-corrected chi connectivity index (χ0v) is 6.33. The van der Waals surface area contributed by atoms with Gasteiger partial charge in [0.2, 0.25) is 0 Å². The molecule has 50 valence electrons. The Hall–Kier alpha value is -0.520. The molecule has 1 saturated carbocycles. The lowest BCUT2D eigenvalue weighted by atomic mass is 9.85. The molecule has 1 fully saturated rings. The van der Waals surface area contributed by atoms with E-state index in [0.29, 0.717) is 0 Å². The Balaban J connectivity index is 2.91. The molecule has 0 radical (unpaired) electrons. The summed E-state index contributed by atoms with van der Waals surface area (Å²) in [6.45, 7) is 12.4. The second-order valence-corrected chi connectivity index (χ2v) is 3.33. The van der Waals surface area contributed by atoms with Crippen molar-refractivity contribution < 1.29 is 0 Å². The molecule has 0 heteroatoms. The van der Waals surface area contributed by atoms with Gasteiger partial charge in [0.25, 0.3) is 0 Å². The van der Waals surface area contributed by atoms with Crippen molar-refractivity contribution in [2.75, 3.05) is 0 Å².